The van der Waals surface area contributed by atoms with Crippen molar-refractivity contribution in [1.82, 2.24) is 4.90 Å². The number of thiophene rings is 1. The van der Waals surface area contributed by atoms with Gasteiger partial charge in [0.25, 0.3) is 0 Å². The molecule has 0 bridgehead atoms. The first-order valence-electron chi connectivity index (χ1n) is 9.16. The van der Waals surface area contributed by atoms with Crippen LogP contribution in [0.15, 0.2) is 41.1 Å². The molecule has 0 saturated heterocycles. The summed E-state index contributed by atoms with van der Waals surface area (Å²) in [5.74, 6) is 0.613. The maximum Gasteiger partial charge on any atom is 2.00 e. The summed E-state index contributed by atoms with van der Waals surface area (Å²) in [5.41, 5.74) is 4.09. The molecule has 1 unspecified atom stereocenters. The summed E-state index contributed by atoms with van der Waals surface area (Å²) in [6.07, 6.45) is 18.1. The van der Waals surface area contributed by atoms with Crippen LogP contribution in [0.2, 0.25) is 0 Å². The van der Waals surface area contributed by atoms with E-state index in [1.54, 1.807) is 13.5 Å². The molecule has 4 heterocycles. The van der Waals surface area contributed by atoms with Crippen LogP contribution in [0, 0.1) is 42.0 Å². The molecule has 3 aliphatic heterocycles. The van der Waals surface area contributed by atoms with Gasteiger partial charge in [0, 0.05) is 32.7 Å². The second-order valence-electron chi connectivity index (χ2n) is 7.12. The third-order valence-corrected chi connectivity index (χ3v) is 9.87. The third kappa shape index (κ3) is 4.33. The molecular weight excluding hydrogens is 591 g/mol. The molecule has 2 radical (unpaired) electrons. The normalized spacial score (nSPS) is 24.1. The van der Waals surface area contributed by atoms with Crippen molar-refractivity contribution in [2.45, 2.75) is 26.2 Å². The predicted molar refractivity (Wildman–Crippen MR) is 102 cm³/mol. The fourth-order valence-electron chi connectivity index (χ4n) is 3.99. The molecule has 0 aromatic carbocycles. The molecule has 0 saturated carbocycles. The van der Waals surface area contributed by atoms with Crippen molar-refractivity contribution in [2.24, 2.45) is 5.92 Å². The van der Waals surface area contributed by atoms with Crippen LogP contribution in [0.4, 0.5) is 5.00 Å². The van der Waals surface area contributed by atoms with Crippen LogP contribution < -0.4 is 21.2 Å². The Bertz CT molecular complexity index is 912. The van der Waals surface area contributed by atoms with E-state index in [2.05, 4.69) is 48.8 Å². The van der Waals surface area contributed by atoms with E-state index in [0.717, 1.165) is 32.4 Å². The second kappa shape index (κ2) is 9.61. The van der Waals surface area contributed by atoms with E-state index in [0.29, 0.717) is 5.92 Å². The number of halogens is 1. The summed E-state index contributed by atoms with van der Waals surface area (Å²) < 4.78 is 5.79. The molecule has 1 aromatic rings. The largest absolute Gasteiger partial charge is 2.00 e. The van der Waals surface area contributed by atoms with Gasteiger partial charge in [-0.25, -0.2) is 0 Å². The van der Waals surface area contributed by atoms with E-state index in [9.17, 15) is 0 Å². The Labute approximate surface area is 220 Å². The minimum absolute atomic E-state index is 0. The number of fused-ring (bicyclic) bond motifs is 3. The molecule has 0 amide bonds. The molecule has 0 fully saturated rings. The van der Waals surface area contributed by atoms with Crippen LogP contribution >= 0.6 is 11.3 Å². The van der Waals surface area contributed by atoms with E-state index in [-0.39, 0.29) is 72.5 Å². The average Bonchev–Trinajstić information content (AvgIpc) is 3.18. The maximum absolute atomic E-state index is 5.69. The van der Waals surface area contributed by atoms with Gasteiger partial charge in [0.1, 0.15) is 0 Å². The van der Waals surface area contributed by atoms with Gasteiger partial charge >= 0.3 is 190 Å². The Balaban J connectivity index is 0.00000112. The van der Waals surface area contributed by atoms with Crippen molar-refractivity contribution in [3.05, 3.63) is 75.2 Å². The maximum atomic E-state index is 5.69. The molecule has 6 heteroatoms. The minimum Gasteiger partial charge on any atom is 0 e. The van der Waals surface area contributed by atoms with Crippen molar-refractivity contribution in [3.8, 4) is 0 Å². The van der Waals surface area contributed by atoms with E-state index >= 15 is 0 Å². The van der Waals surface area contributed by atoms with Gasteiger partial charge in [-0.3, -0.25) is 0 Å². The zero-order chi connectivity index (χ0) is 17.7. The number of hydrogen-bond acceptors (Lipinski definition) is 2. The smallest absolute Gasteiger partial charge is 0 e. The molecular formula is C22H21IN2SVY-2. The Morgan fingerprint density at radius 1 is 1.43 bits per heavy atom. The van der Waals surface area contributed by atoms with E-state index in [1.165, 1.54) is 26.6 Å². The predicted octanol–water partition coefficient (Wildman–Crippen LogP) is 1.39. The first kappa shape index (κ1) is 23.0. The topological polar surface area (TPSA) is 6.25 Å². The van der Waals surface area contributed by atoms with Crippen molar-refractivity contribution in [3.63, 3.8) is 0 Å². The molecule has 0 spiro atoms. The average molecular weight is 612 g/mol. The van der Waals surface area contributed by atoms with Gasteiger partial charge in [0.05, 0.1) is 0 Å². The first-order valence-corrected chi connectivity index (χ1v) is 12.1. The fourth-order valence-corrected chi connectivity index (χ4v) is 9.04. The molecule has 4 aliphatic rings. The van der Waals surface area contributed by atoms with Gasteiger partial charge in [0.2, 0.25) is 0 Å². The van der Waals surface area contributed by atoms with Crippen LogP contribution in [-0.4, -0.2) is 26.3 Å². The SMILES string of the molecule is [CH-]=CN1[C-]=C2C=C(/C=C3\[CH-]CC[N+]4=C3[I-]c3cc(C)sc34)[CH-]CC2CC1.[V+2].[Y]. The molecule has 0 N–H and O–H groups in total. The third-order valence-electron chi connectivity index (χ3n) is 5.31. The molecule has 1 aromatic heterocycles. The summed E-state index contributed by atoms with van der Waals surface area (Å²) in [4.78, 5) is 3.44. The van der Waals surface area contributed by atoms with E-state index in [4.69, 9.17) is 6.58 Å². The number of rotatable bonds is 2. The van der Waals surface area contributed by atoms with Gasteiger partial charge in [-0.15, -0.1) is 0 Å². The summed E-state index contributed by atoms with van der Waals surface area (Å²) in [6.45, 7) is 10.0. The van der Waals surface area contributed by atoms with Gasteiger partial charge in [-0.1, -0.05) is 0 Å². The molecule has 1 atom stereocenters. The number of aryl methyl sites for hydroxylation is 1. The molecule has 1 aliphatic carbocycles. The zero-order valence-corrected chi connectivity index (χ0v) is 23.1. The van der Waals surface area contributed by atoms with E-state index < -0.39 is 0 Å². The molecule has 2 nitrogen and oxygen atoms in total. The van der Waals surface area contributed by atoms with Gasteiger partial charge in [0.15, 0.2) is 0 Å². The van der Waals surface area contributed by atoms with Crippen LogP contribution in [-0.2, 0) is 51.3 Å². The number of hydrogen-bond donors (Lipinski definition) is 0. The van der Waals surface area contributed by atoms with Gasteiger partial charge in [-0.05, 0) is 0 Å². The Morgan fingerprint density at radius 2 is 2.29 bits per heavy atom. The van der Waals surface area contributed by atoms with Crippen molar-refractivity contribution >= 4 is 20.1 Å². The van der Waals surface area contributed by atoms with Crippen LogP contribution in [0.25, 0.3) is 0 Å². The Hall–Kier alpha value is 0.288. The summed E-state index contributed by atoms with van der Waals surface area (Å²) >= 11 is 1.91. The Kier molecular flexibility index (Phi) is 7.88. The Morgan fingerprint density at radius 3 is 3.11 bits per heavy atom. The molecule has 28 heavy (non-hydrogen) atoms. The van der Waals surface area contributed by atoms with Gasteiger partial charge in [-0.2, -0.15) is 0 Å². The summed E-state index contributed by atoms with van der Waals surface area (Å²) in [6, 6.07) is 2.41. The van der Waals surface area contributed by atoms with Gasteiger partial charge < -0.3 is 0 Å². The second-order valence-corrected chi connectivity index (χ2v) is 11.1. The first-order chi connectivity index (χ1) is 12.7. The van der Waals surface area contributed by atoms with E-state index in [1.807, 2.05) is 16.2 Å². The standard InChI is InChI=1S/C22H21IN2S.V.Y/c1-3-24-10-8-17-7-6-16(13-19(17)14-24)12-18-5-4-9-25-21(18)23-20-11-15(2)26-22(20)25;;/h1,3,5-6,11-13,17H,4,7-10H2,2H3;;/q-4;+2;. The van der Waals surface area contributed by atoms with Crippen molar-refractivity contribution < 1.29 is 77.0 Å². The van der Waals surface area contributed by atoms with Crippen LogP contribution in [0.3, 0.4) is 0 Å². The quantitative estimate of drug-likeness (QED) is 0.279. The molecule has 5 rings (SSSR count). The zero-order valence-electron chi connectivity index (χ0n) is 15.9. The minimum atomic E-state index is -0.0532. The van der Waals surface area contributed by atoms with Crippen LogP contribution in [0.1, 0.15) is 24.1 Å². The van der Waals surface area contributed by atoms with Crippen LogP contribution in [0.5, 0.6) is 0 Å². The molecule has 142 valence electrons. The monoisotopic (exact) mass is 612 g/mol. The van der Waals surface area contributed by atoms with Crippen molar-refractivity contribution in [2.75, 3.05) is 13.1 Å². The summed E-state index contributed by atoms with van der Waals surface area (Å²) in [7, 11) is 0. The van der Waals surface area contributed by atoms with Crippen molar-refractivity contribution in [1.29, 1.82) is 0 Å². The summed E-state index contributed by atoms with van der Waals surface area (Å²) in [5, 5.41) is 1.52. The fraction of sp³-hybridized carbons (Fsp3) is 0.318. The number of allylic oxidation sites excluding steroid dienone is 5. The number of nitrogens with zero attached hydrogens (tertiary/aromatic N) is 2.